The van der Waals surface area contributed by atoms with Crippen molar-refractivity contribution in [1.29, 1.82) is 0 Å². The van der Waals surface area contributed by atoms with Gasteiger partial charge in [-0.2, -0.15) is 0 Å². The van der Waals surface area contributed by atoms with Crippen LogP contribution in [0.5, 0.6) is 0 Å². The molecule has 0 spiro atoms. The van der Waals surface area contributed by atoms with Gasteiger partial charge in [0.25, 0.3) is 5.91 Å². The molecule has 0 saturated heterocycles. The van der Waals surface area contributed by atoms with Crippen LogP contribution >= 0.6 is 11.6 Å². The number of rotatable bonds is 7. The third-order valence-corrected chi connectivity index (χ3v) is 3.86. The number of halogens is 1. The fourth-order valence-electron chi connectivity index (χ4n) is 2.46. The molecule has 1 aromatic heterocycles. The van der Waals surface area contributed by atoms with Crippen molar-refractivity contribution in [2.45, 2.75) is 27.2 Å². The van der Waals surface area contributed by atoms with E-state index in [2.05, 4.69) is 20.6 Å². The van der Waals surface area contributed by atoms with Crippen molar-refractivity contribution in [3.8, 4) is 0 Å². The molecule has 1 amide bonds. The van der Waals surface area contributed by atoms with Gasteiger partial charge in [0.15, 0.2) is 0 Å². The van der Waals surface area contributed by atoms with E-state index in [1.54, 1.807) is 20.1 Å². The quantitative estimate of drug-likeness (QED) is 0.736. The molecule has 0 aliphatic heterocycles. The fourth-order valence-corrected chi connectivity index (χ4v) is 2.83. The highest BCUT2D eigenvalue weighted by molar-refractivity contribution is 6.33. The monoisotopic (exact) mass is 362 g/mol. The van der Waals surface area contributed by atoms with Crippen molar-refractivity contribution in [2.75, 3.05) is 25.6 Å². The van der Waals surface area contributed by atoms with Crippen molar-refractivity contribution in [1.82, 2.24) is 15.3 Å². The number of hydrogen-bond donors (Lipinski definition) is 2. The Morgan fingerprint density at radius 1 is 1.20 bits per heavy atom. The molecular weight excluding hydrogens is 340 g/mol. The summed E-state index contributed by atoms with van der Waals surface area (Å²) in [5.41, 5.74) is 3.18. The molecule has 0 bridgehead atoms. The average molecular weight is 363 g/mol. The largest absolute Gasteiger partial charge is 0.385 e. The van der Waals surface area contributed by atoms with E-state index in [0.29, 0.717) is 35.5 Å². The van der Waals surface area contributed by atoms with Crippen LogP contribution < -0.4 is 10.6 Å². The molecule has 2 N–H and O–H groups in total. The Labute approximate surface area is 153 Å². The van der Waals surface area contributed by atoms with Crippen LogP contribution in [-0.2, 0) is 4.74 Å². The first-order chi connectivity index (χ1) is 11.9. The summed E-state index contributed by atoms with van der Waals surface area (Å²) in [5.74, 6) is 0.799. The molecule has 2 rings (SSSR count). The summed E-state index contributed by atoms with van der Waals surface area (Å²) in [6.07, 6.45) is 0.746. The van der Waals surface area contributed by atoms with E-state index in [0.717, 1.165) is 23.2 Å². The maximum atomic E-state index is 12.2. The number of benzene rings is 1. The molecule has 6 nitrogen and oxygen atoms in total. The molecular formula is C18H23ClN4O2. The van der Waals surface area contributed by atoms with E-state index in [1.807, 2.05) is 26.0 Å². The number of amides is 1. The normalized spacial score (nSPS) is 10.6. The summed E-state index contributed by atoms with van der Waals surface area (Å²) < 4.78 is 4.97. The highest BCUT2D eigenvalue weighted by Crippen LogP contribution is 2.29. The van der Waals surface area contributed by atoms with Gasteiger partial charge in [-0.1, -0.05) is 17.7 Å². The molecule has 1 heterocycles. The van der Waals surface area contributed by atoms with Crippen LogP contribution in [0, 0.1) is 20.8 Å². The predicted molar refractivity (Wildman–Crippen MR) is 99.8 cm³/mol. The van der Waals surface area contributed by atoms with E-state index in [1.165, 1.54) is 0 Å². The van der Waals surface area contributed by atoms with E-state index in [9.17, 15) is 4.79 Å². The Bertz CT molecular complexity index is 742. The molecule has 0 aliphatic carbocycles. The summed E-state index contributed by atoms with van der Waals surface area (Å²) in [5, 5.41) is 6.63. The van der Waals surface area contributed by atoms with Crippen molar-refractivity contribution >= 4 is 29.0 Å². The molecule has 0 aliphatic rings. The molecule has 2 aromatic rings. The van der Waals surface area contributed by atoms with Gasteiger partial charge in [-0.3, -0.25) is 4.79 Å². The van der Waals surface area contributed by atoms with Crippen LogP contribution in [0.2, 0.25) is 5.02 Å². The Kier molecular flexibility index (Phi) is 6.73. The minimum atomic E-state index is -0.239. The second-order valence-corrected chi connectivity index (χ2v) is 6.26. The first-order valence-electron chi connectivity index (χ1n) is 8.07. The van der Waals surface area contributed by atoms with Gasteiger partial charge in [0.05, 0.1) is 10.7 Å². The summed E-state index contributed by atoms with van der Waals surface area (Å²) in [6.45, 7) is 6.83. The predicted octanol–water partition coefficient (Wildman–Crippen LogP) is 3.57. The Morgan fingerprint density at radius 3 is 2.64 bits per heavy atom. The van der Waals surface area contributed by atoms with Crippen molar-refractivity contribution in [3.63, 3.8) is 0 Å². The average Bonchev–Trinajstić information content (AvgIpc) is 2.54. The summed E-state index contributed by atoms with van der Waals surface area (Å²) in [6, 6.07) is 5.54. The number of nitrogens with one attached hydrogen (secondary N) is 2. The zero-order chi connectivity index (χ0) is 18.4. The minimum Gasteiger partial charge on any atom is -0.385 e. The van der Waals surface area contributed by atoms with Crippen molar-refractivity contribution < 1.29 is 9.53 Å². The van der Waals surface area contributed by atoms with Gasteiger partial charge in [-0.25, -0.2) is 9.97 Å². The van der Waals surface area contributed by atoms with Crippen LogP contribution in [-0.4, -0.2) is 36.1 Å². The van der Waals surface area contributed by atoms with E-state index < -0.39 is 0 Å². The molecule has 0 fully saturated rings. The van der Waals surface area contributed by atoms with Crippen LogP contribution in [0.25, 0.3) is 0 Å². The second-order valence-electron chi connectivity index (χ2n) is 5.85. The van der Waals surface area contributed by atoms with Crippen LogP contribution in [0.1, 0.15) is 33.9 Å². The zero-order valence-corrected chi connectivity index (χ0v) is 15.7. The van der Waals surface area contributed by atoms with E-state index in [-0.39, 0.29) is 5.91 Å². The lowest BCUT2D eigenvalue weighted by Gasteiger charge is -2.13. The third kappa shape index (κ3) is 5.41. The number of aryl methyl sites for hydroxylation is 3. The highest BCUT2D eigenvalue weighted by atomic mass is 35.5. The zero-order valence-electron chi connectivity index (χ0n) is 14.9. The molecule has 1 aromatic carbocycles. The van der Waals surface area contributed by atoms with Gasteiger partial charge in [0.2, 0.25) is 0 Å². The van der Waals surface area contributed by atoms with Gasteiger partial charge >= 0.3 is 0 Å². The minimum absolute atomic E-state index is 0.239. The second kappa shape index (κ2) is 8.78. The number of ether oxygens (including phenoxy) is 1. The topological polar surface area (TPSA) is 76.1 Å². The lowest BCUT2D eigenvalue weighted by atomic mass is 10.1. The number of aromatic nitrogens is 2. The highest BCUT2D eigenvalue weighted by Gasteiger charge is 2.12. The van der Waals surface area contributed by atoms with E-state index in [4.69, 9.17) is 16.3 Å². The smallest absolute Gasteiger partial charge is 0.270 e. The fraction of sp³-hybridized carbons (Fsp3) is 0.389. The number of nitrogens with zero attached hydrogens (tertiary/aromatic N) is 2. The van der Waals surface area contributed by atoms with Crippen LogP contribution in [0.4, 0.5) is 11.5 Å². The molecule has 7 heteroatoms. The SMILES string of the molecule is COCCCNC(=O)c1cc(Nc2c(C)cc(C)cc2Cl)nc(C)n1. The van der Waals surface area contributed by atoms with Gasteiger partial charge < -0.3 is 15.4 Å². The lowest BCUT2D eigenvalue weighted by molar-refractivity contribution is 0.0943. The van der Waals surface area contributed by atoms with E-state index >= 15 is 0 Å². The number of hydrogen-bond acceptors (Lipinski definition) is 5. The van der Waals surface area contributed by atoms with Gasteiger partial charge in [0, 0.05) is 26.3 Å². The maximum absolute atomic E-state index is 12.2. The molecule has 0 saturated carbocycles. The third-order valence-electron chi connectivity index (χ3n) is 3.57. The first-order valence-corrected chi connectivity index (χ1v) is 8.45. The Balaban J connectivity index is 2.18. The number of carbonyl (C=O) groups excluding carboxylic acids is 1. The Morgan fingerprint density at radius 2 is 1.96 bits per heavy atom. The first kappa shape index (κ1) is 19.1. The van der Waals surface area contributed by atoms with Gasteiger partial charge in [-0.15, -0.1) is 0 Å². The summed E-state index contributed by atoms with van der Waals surface area (Å²) in [4.78, 5) is 20.8. The summed E-state index contributed by atoms with van der Waals surface area (Å²) >= 11 is 6.33. The lowest BCUT2D eigenvalue weighted by Crippen LogP contribution is -2.26. The number of anilines is 2. The van der Waals surface area contributed by atoms with Gasteiger partial charge in [0.1, 0.15) is 17.3 Å². The molecule has 25 heavy (non-hydrogen) atoms. The van der Waals surface area contributed by atoms with Crippen molar-refractivity contribution in [3.05, 3.63) is 45.9 Å². The molecule has 0 radical (unpaired) electrons. The molecule has 0 unspecified atom stereocenters. The Hall–Kier alpha value is -2.18. The van der Waals surface area contributed by atoms with Crippen molar-refractivity contribution in [2.24, 2.45) is 0 Å². The van der Waals surface area contributed by atoms with Crippen LogP contribution in [0.3, 0.4) is 0 Å². The number of carbonyl (C=O) groups is 1. The van der Waals surface area contributed by atoms with Crippen LogP contribution in [0.15, 0.2) is 18.2 Å². The molecule has 0 atom stereocenters. The maximum Gasteiger partial charge on any atom is 0.270 e. The number of methoxy groups -OCH3 is 1. The molecule has 134 valence electrons. The summed E-state index contributed by atoms with van der Waals surface area (Å²) in [7, 11) is 1.63. The standard InChI is InChI=1S/C18H23ClN4O2/c1-11-8-12(2)17(14(19)9-11)23-16-10-15(21-13(3)22-16)18(24)20-6-5-7-25-4/h8-10H,5-7H2,1-4H3,(H,20,24)(H,21,22,23). The van der Waals surface area contributed by atoms with Gasteiger partial charge in [-0.05, 0) is 44.4 Å².